The summed E-state index contributed by atoms with van der Waals surface area (Å²) in [6.45, 7) is -0.638. The highest BCUT2D eigenvalue weighted by atomic mass is 35.5. The average molecular weight is 397 g/mol. The lowest BCUT2D eigenvalue weighted by atomic mass is 10.1. The van der Waals surface area contributed by atoms with E-state index in [1.54, 1.807) is 36.4 Å². The van der Waals surface area contributed by atoms with Crippen molar-refractivity contribution >= 4 is 41.0 Å². The number of nitriles is 1. The van der Waals surface area contributed by atoms with Gasteiger partial charge in [0.05, 0.1) is 5.69 Å². The van der Waals surface area contributed by atoms with Crippen LogP contribution in [-0.2, 0) is 14.3 Å². The van der Waals surface area contributed by atoms with Crippen molar-refractivity contribution in [1.29, 1.82) is 5.26 Å². The molecule has 28 heavy (non-hydrogen) atoms. The molecule has 1 heterocycles. The molecule has 0 spiro atoms. The maximum Gasteiger partial charge on any atom is 0.349 e. The molecule has 140 valence electrons. The van der Waals surface area contributed by atoms with Gasteiger partial charge in [-0.05, 0) is 42.0 Å². The van der Waals surface area contributed by atoms with Gasteiger partial charge in [0.15, 0.2) is 19.0 Å². The predicted octanol–water partition coefficient (Wildman–Crippen LogP) is 3.00. The second kappa shape index (κ2) is 8.37. The molecule has 2 aromatic carbocycles. The first kappa shape index (κ1) is 19.1. The summed E-state index contributed by atoms with van der Waals surface area (Å²) < 4.78 is 10.2. The minimum Gasteiger partial charge on any atom is -0.482 e. The lowest BCUT2D eigenvalue weighted by Gasteiger charge is -2.18. The molecule has 0 atom stereocenters. The summed E-state index contributed by atoms with van der Waals surface area (Å²) in [4.78, 5) is 35.7. The van der Waals surface area contributed by atoms with E-state index in [4.69, 9.17) is 26.3 Å². The van der Waals surface area contributed by atoms with Gasteiger partial charge >= 0.3 is 5.97 Å². The van der Waals surface area contributed by atoms with Crippen LogP contribution in [0, 0.1) is 11.3 Å². The van der Waals surface area contributed by atoms with E-state index in [-0.39, 0.29) is 23.7 Å². The number of carbonyl (C=O) groups excluding carboxylic acids is 3. The monoisotopic (exact) mass is 396 g/mol. The van der Waals surface area contributed by atoms with Gasteiger partial charge in [-0.25, -0.2) is 4.79 Å². The van der Waals surface area contributed by atoms with E-state index in [9.17, 15) is 14.4 Å². The van der Waals surface area contributed by atoms with Gasteiger partial charge < -0.3 is 14.8 Å². The van der Waals surface area contributed by atoms with Crippen molar-refractivity contribution in [2.45, 2.75) is 0 Å². The van der Waals surface area contributed by atoms with E-state index in [0.717, 1.165) is 0 Å². The molecule has 1 amide bonds. The SMILES string of the molecule is N#C/C(=C/c1ccc(Cl)cc1)C(=O)OCC(=O)c1ccc2c(c1)NC(=O)CO2. The fourth-order valence-electron chi connectivity index (χ4n) is 2.41. The predicted molar refractivity (Wildman–Crippen MR) is 101 cm³/mol. The van der Waals surface area contributed by atoms with Crippen LogP contribution in [0.3, 0.4) is 0 Å². The normalized spacial score (nSPS) is 12.9. The molecule has 0 saturated heterocycles. The van der Waals surface area contributed by atoms with E-state index in [0.29, 0.717) is 22.0 Å². The van der Waals surface area contributed by atoms with E-state index in [1.165, 1.54) is 18.2 Å². The summed E-state index contributed by atoms with van der Waals surface area (Å²) in [5.41, 5.74) is 0.946. The smallest absolute Gasteiger partial charge is 0.349 e. The number of nitrogens with zero attached hydrogens (tertiary/aromatic N) is 1. The first-order valence-corrected chi connectivity index (χ1v) is 8.48. The highest BCUT2D eigenvalue weighted by Crippen LogP contribution is 2.28. The Hall–Kier alpha value is -3.63. The third-order valence-corrected chi connectivity index (χ3v) is 4.04. The van der Waals surface area contributed by atoms with Crippen molar-refractivity contribution in [3.8, 4) is 11.8 Å². The van der Waals surface area contributed by atoms with Crippen LogP contribution in [0.2, 0.25) is 5.02 Å². The maximum absolute atomic E-state index is 12.3. The lowest BCUT2D eigenvalue weighted by Crippen LogP contribution is -2.25. The summed E-state index contributed by atoms with van der Waals surface area (Å²) in [5, 5.41) is 12.3. The molecule has 0 radical (unpaired) electrons. The first-order chi connectivity index (χ1) is 13.5. The minimum atomic E-state index is -0.916. The molecule has 0 aliphatic carbocycles. The number of carbonyl (C=O) groups is 3. The van der Waals surface area contributed by atoms with Gasteiger partial charge in [-0.3, -0.25) is 9.59 Å². The molecular formula is C20H13ClN2O5. The molecule has 3 rings (SSSR count). The zero-order valence-electron chi connectivity index (χ0n) is 14.4. The molecule has 0 saturated carbocycles. The van der Waals surface area contributed by atoms with E-state index < -0.39 is 18.4 Å². The third kappa shape index (κ3) is 4.55. The number of fused-ring (bicyclic) bond motifs is 1. The molecule has 0 bridgehead atoms. The van der Waals surface area contributed by atoms with E-state index in [1.807, 2.05) is 0 Å². The Morgan fingerprint density at radius 3 is 2.71 bits per heavy atom. The van der Waals surface area contributed by atoms with Crippen LogP contribution in [0.15, 0.2) is 48.0 Å². The number of halogens is 1. The number of hydrogen-bond acceptors (Lipinski definition) is 6. The van der Waals surface area contributed by atoms with Gasteiger partial charge in [0.25, 0.3) is 5.91 Å². The molecule has 0 aromatic heterocycles. The Bertz CT molecular complexity index is 1020. The molecule has 1 aliphatic heterocycles. The number of Topliss-reactive ketones (excluding diaryl/α,β-unsaturated/α-hetero) is 1. The Kier molecular flexibility index (Phi) is 5.72. The molecule has 0 unspecified atom stereocenters. The number of nitrogens with one attached hydrogen (secondary N) is 1. The van der Waals surface area contributed by atoms with Crippen molar-refractivity contribution in [3.05, 3.63) is 64.2 Å². The van der Waals surface area contributed by atoms with Crippen molar-refractivity contribution < 1.29 is 23.9 Å². The Labute approximate surface area is 165 Å². The third-order valence-electron chi connectivity index (χ3n) is 3.79. The number of rotatable bonds is 5. The standard InChI is InChI=1S/C20H13ClN2O5/c21-15-4-1-12(2-5-15)7-14(9-22)20(26)28-10-17(24)13-3-6-18-16(8-13)23-19(25)11-27-18/h1-8H,10-11H2,(H,23,25)/b14-7-. The molecule has 2 aromatic rings. The molecule has 7 nitrogen and oxygen atoms in total. The fourth-order valence-corrected chi connectivity index (χ4v) is 2.54. The number of amides is 1. The van der Waals surface area contributed by atoms with Crippen LogP contribution in [0.4, 0.5) is 5.69 Å². The summed E-state index contributed by atoms with van der Waals surface area (Å²) in [5.74, 6) is -1.28. The van der Waals surface area contributed by atoms with Crippen molar-refractivity contribution in [2.24, 2.45) is 0 Å². The lowest BCUT2D eigenvalue weighted by molar-refractivity contribution is -0.137. The fraction of sp³-hybridized carbons (Fsp3) is 0.100. The minimum absolute atomic E-state index is 0.0885. The Balaban J connectivity index is 1.66. The first-order valence-electron chi connectivity index (χ1n) is 8.10. The number of anilines is 1. The van der Waals surface area contributed by atoms with Gasteiger partial charge in [0.1, 0.15) is 17.4 Å². The topological polar surface area (TPSA) is 105 Å². The second-order valence-electron chi connectivity index (χ2n) is 5.77. The van der Waals surface area contributed by atoms with Crippen LogP contribution in [0.25, 0.3) is 6.08 Å². The van der Waals surface area contributed by atoms with Gasteiger partial charge in [-0.1, -0.05) is 23.7 Å². The van der Waals surface area contributed by atoms with Crippen LogP contribution >= 0.6 is 11.6 Å². The average Bonchev–Trinajstić information content (AvgIpc) is 2.70. The Morgan fingerprint density at radius 2 is 2.00 bits per heavy atom. The van der Waals surface area contributed by atoms with E-state index in [2.05, 4.69) is 5.32 Å². The molecule has 8 heteroatoms. The van der Waals surface area contributed by atoms with Crippen molar-refractivity contribution in [2.75, 3.05) is 18.5 Å². The Morgan fingerprint density at radius 1 is 1.25 bits per heavy atom. The summed E-state index contributed by atoms with van der Waals surface area (Å²) >= 11 is 5.79. The van der Waals surface area contributed by atoms with E-state index >= 15 is 0 Å². The molecule has 1 aliphatic rings. The van der Waals surface area contributed by atoms with Crippen LogP contribution < -0.4 is 10.1 Å². The van der Waals surface area contributed by atoms with Crippen LogP contribution in [0.5, 0.6) is 5.75 Å². The van der Waals surface area contributed by atoms with Gasteiger partial charge in [-0.2, -0.15) is 5.26 Å². The summed E-state index contributed by atoms with van der Waals surface area (Å²) in [7, 11) is 0. The highest BCUT2D eigenvalue weighted by molar-refractivity contribution is 6.30. The molecule has 1 N–H and O–H groups in total. The zero-order chi connectivity index (χ0) is 20.1. The number of hydrogen-bond donors (Lipinski definition) is 1. The maximum atomic E-state index is 12.3. The highest BCUT2D eigenvalue weighted by Gasteiger charge is 2.19. The van der Waals surface area contributed by atoms with Gasteiger partial charge in [0.2, 0.25) is 0 Å². The number of ether oxygens (including phenoxy) is 2. The van der Waals surface area contributed by atoms with Gasteiger partial charge in [-0.15, -0.1) is 0 Å². The quantitative estimate of drug-likeness (QED) is 0.360. The van der Waals surface area contributed by atoms with Gasteiger partial charge in [0, 0.05) is 10.6 Å². The number of ketones is 1. The number of benzene rings is 2. The van der Waals surface area contributed by atoms with Crippen LogP contribution in [-0.4, -0.2) is 30.9 Å². The second-order valence-corrected chi connectivity index (χ2v) is 6.20. The zero-order valence-corrected chi connectivity index (χ0v) is 15.2. The van der Waals surface area contributed by atoms with Crippen molar-refractivity contribution in [3.63, 3.8) is 0 Å². The van der Waals surface area contributed by atoms with Crippen LogP contribution in [0.1, 0.15) is 15.9 Å². The molecule has 0 fully saturated rings. The summed E-state index contributed by atoms with van der Waals surface area (Å²) in [6, 6.07) is 12.8. The van der Waals surface area contributed by atoms with Crippen molar-refractivity contribution in [1.82, 2.24) is 0 Å². The number of esters is 1. The largest absolute Gasteiger partial charge is 0.482 e. The molecular weight excluding hydrogens is 384 g/mol. The summed E-state index contributed by atoms with van der Waals surface area (Å²) in [6.07, 6.45) is 1.34.